The van der Waals surface area contributed by atoms with E-state index in [0.717, 1.165) is 45.7 Å². The van der Waals surface area contributed by atoms with E-state index in [1.807, 2.05) is 94.4 Å². The van der Waals surface area contributed by atoms with Crippen LogP contribution in [0, 0.1) is 6.92 Å². The number of sulfonamides is 1. The van der Waals surface area contributed by atoms with Gasteiger partial charge in [0.25, 0.3) is 0 Å². The van der Waals surface area contributed by atoms with Crippen molar-refractivity contribution in [1.82, 2.24) is 10.2 Å². The minimum atomic E-state index is -3.79. The number of nitrogens with zero attached hydrogens (tertiary/aromatic N) is 2. The van der Waals surface area contributed by atoms with Crippen molar-refractivity contribution >= 4 is 27.5 Å². The number of amides is 2. The van der Waals surface area contributed by atoms with Crippen LogP contribution in [0.2, 0.25) is 0 Å². The van der Waals surface area contributed by atoms with Gasteiger partial charge in [0.05, 0.1) is 11.9 Å². The highest BCUT2D eigenvalue weighted by atomic mass is 32.2. The SMILES string of the molecule is CCc1ccc(N(CC(=O)N(Cc2ccc(C)cc2)[C@@H](Cc2ccccc2)C(=O)N[C@H](C)CC)S(C)(=O)=O)cc1. The Labute approximate surface area is 239 Å². The summed E-state index contributed by atoms with van der Waals surface area (Å²) >= 11 is 0. The third-order valence-corrected chi connectivity index (χ3v) is 8.20. The van der Waals surface area contributed by atoms with Crippen LogP contribution in [0.4, 0.5) is 5.69 Å². The molecule has 40 heavy (non-hydrogen) atoms. The van der Waals surface area contributed by atoms with Crippen molar-refractivity contribution in [3.8, 4) is 0 Å². The van der Waals surface area contributed by atoms with Crippen molar-refractivity contribution in [2.24, 2.45) is 0 Å². The Morgan fingerprint density at radius 2 is 1.45 bits per heavy atom. The Kier molecular flexibility index (Phi) is 10.9. The molecule has 0 spiro atoms. The maximum Gasteiger partial charge on any atom is 0.244 e. The molecular formula is C32H41N3O4S. The van der Waals surface area contributed by atoms with Gasteiger partial charge in [-0.2, -0.15) is 0 Å². The first-order valence-electron chi connectivity index (χ1n) is 13.8. The van der Waals surface area contributed by atoms with E-state index in [-0.39, 0.29) is 18.5 Å². The fourth-order valence-electron chi connectivity index (χ4n) is 4.40. The monoisotopic (exact) mass is 563 g/mol. The number of aryl methyl sites for hydroxylation is 2. The molecule has 7 nitrogen and oxygen atoms in total. The highest BCUT2D eigenvalue weighted by Crippen LogP contribution is 2.21. The molecule has 8 heteroatoms. The predicted octanol–water partition coefficient (Wildman–Crippen LogP) is 4.88. The van der Waals surface area contributed by atoms with Crippen molar-refractivity contribution in [3.63, 3.8) is 0 Å². The second-order valence-corrected chi connectivity index (χ2v) is 12.2. The Balaban J connectivity index is 2.04. The minimum absolute atomic E-state index is 0.0771. The molecule has 0 radical (unpaired) electrons. The van der Waals surface area contributed by atoms with Gasteiger partial charge >= 0.3 is 0 Å². The molecule has 0 aliphatic carbocycles. The summed E-state index contributed by atoms with van der Waals surface area (Å²) in [4.78, 5) is 29.3. The van der Waals surface area contributed by atoms with Crippen LogP contribution in [0.3, 0.4) is 0 Å². The first-order chi connectivity index (χ1) is 19.0. The van der Waals surface area contributed by atoms with E-state index in [1.54, 1.807) is 12.1 Å². The van der Waals surface area contributed by atoms with Crippen molar-refractivity contribution < 1.29 is 18.0 Å². The van der Waals surface area contributed by atoms with Gasteiger partial charge in [0.1, 0.15) is 12.6 Å². The van der Waals surface area contributed by atoms with Crippen LogP contribution >= 0.6 is 0 Å². The molecule has 1 N–H and O–H groups in total. The second kappa shape index (κ2) is 14.1. The molecule has 3 aromatic carbocycles. The Morgan fingerprint density at radius 3 is 2.00 bits per heavy atom. The van der Waals surface area contributed by atoms with Crippen LogP contribution in [0.15, 0.2) is 78.9 Å². The predicted molar refractivity (Wildman–Crippen MR) is 162 cm³/mol. The van der Waals surface area contributed by atoms with Crippen LogP contribution in [-0.2, 0) is 39.0 Å². The fraction of sp³-hybridized carbons (Fsp3) is 0.375. The topological polar surface area (TPSA) is 86.8 Å². The molecule has 0 saturated carbocycles. The largest absolute Gasteiger partial charge is 0.352 e. The van der Waals surface area contributed by atoms with Crippen molar-refractivity contribution in [2.75, 3.05) is 17.1 Å². The first kappa shape index (κ1) is 30.9. The Bertz CT molecular complexity index is 1360. The smallest absolute Gasteiger partial charge is 0.244 e. The maximum absolute atomic E-state index is 14.1. The maximum atomic E-state index is 14.1. The third-order valence-electron chi connectivity index (χ3n) is 7.06. The number of hydrogen-bond donors (Lipinski definition) is 1. The summed E-state index contributed by atoms with van der Waals surface area (Å²) < 4.78 is 26.9. The lowest BCUT2D eigenvalue weighted by Gasteiger charge is -2.34. The van der Waals surface area contributed by atoms with E-state index < -0.39 is 28.5 Å². The van der Waals surface area contributed by atoms with Crippen molar-refractivity contribution in [3.05, 3.63) is 101 Å². The summed E-state index contributed by atoms with van der Waals surface area (Å²) in [6.07, 6.45) is 2.94. The van der Waals surface area contributed by atoms with Gasteiger partial charge in [-0.1, -0.05) is 86.1 Å². The second-order valence-electron chi connectivity index (χ2n) is 10.3. The normalized spacial score (nSPS) is 12.8. The van der Waals surface area contributed by atoms with Gasteiger partial charge < -0.3 is 10.2 Å². The molecule has 0 heterocycles. The lowest BCUT2D eigenvalue weighted by Crippen LogP contribution is -2.54. The quantitative estimate of drug-likeness (QED) is 0.321. The van der Waals surface area contributed by atoms with Gasteiger partial charge in [-0.25, -0.2) is 8.42 Å². The lowest BCUT2D eigenvalue weighted by atomic mass is 10.0. The number of carbonyl (C=O) groups is 2. The van der Waals surface area contributed by atoms with Crippen LogP contribution in [0.1, 0.15) is 49.4 Å². The Hall–Kier alpha value is -3.65. The van der Waals surface area contributed by atoms with Crippen LogP contribution in [-0.4, -0.2) is 50.0 Å². The minimum Gasteiger partial charge on any atom is -0.352 e. The average Bonchev–Trinajstić information content (AvgIpc) is 2.94. The molecule has 0 unspecified atom stereocenters. The average molecular weight is 564 g/mol. The zero-order chi connectivity index (χ0) is 29.3. The van der Waals surface area contributed by atoms with Crippen LogP contribution in [0.25, 0.3) is 0 Å². The fourth-order valence-corrected chi connectivity index (χ4v) is 5.25. The van der Waals surface area contributed by atoms with Gasteiger partial charge in [-0.15, -0.1) is 0 Å². The summed E-state index contributed by atoms with van der Waals surface area (Å²) in [5.41, 5.74) is 4.31. The molecule has 214 valence electrons. The van der Waals surface area contributed by atoms with E-state index in [1.165, 1.54) is 4.90 Å². The van der Waals surface area contributed by atoms with E-state index in [0.29, 0.717) is 12.1 Å². The van der Waals surface area contributed by atoms with E-state index in [9.17, 15) is 18.0 Å². The summed E-state index contributed by atoms with van der Waals surface area (Å²) in [5.74, 6) is -0.720. The van der Waals surface area contributed by atoms with Gasteiger partial charge in [0.2, 0.25) is 21.8 Å². The van der Waals surface area contributed by atoms with Gasteiger partial charge in [-0.05, 0) is 55.5 Å². The number of hydrogen-bond acceptors (Lipinski definition) is 4. The van der Waals surface area contributed by atoms with Crippen LogP contribution in [0.5, 0.6) is 0 Å². The molecule has 3 rings (SSSR count). The molecule has 0 fully saturated rings. The number of rotatable bonds is 13. The van der Waals surface area contributed by atoms with Crippen LogP contribution < -0.4 is 9.62 Å². The molecule has 2 amide bonds. The van der Waals surface area contributed by atoms with Crippen molar-refractivity contribution in [1.29, 1.82) is 0 Å². The highest BCUT2D eigenvalue weighted by Gasteiger charge is 2.33. The molecule has 0 aromatic heterocycles. The zero-order valence-corrected chi connectivity index (χ0v) is 24.9. The van der Waals surface area contributed by atoms with E-state index in [4.69, 9.17) is 0 Å². The number of nitrogens with one attached hydrogen (secondary N) is 1. The molecule has 2 atom stereocenters. The molecule has 0 bridgehead atoms. The standard InChI is InChI=1S/C32H41N3O4S/c1-6-25(4)33-32(37)30(21-27-11-9-8-10-12-27)34(22-28-15-13-24(3)14-16-28)31(36)23-35(40(5,38)39)29-19-17-26(7-2)18-20-29/h8-20,25,30H,6-7,21-23H2,1-5H3,(H,33,37)/t25-,30+/m1/s1. The zero-order valence-electron chi connectivity index (χ0n) is 24.1. The lowest BCUT2D eigenvalue weighted by molar-refractivity contribution is -0.140. The summed E-state index contributed by atoms with van der Waals surface area (Å²) in [7, 11) is -3.79. The first-order valence-corrected chi connectivity index (χ1v) is 15.6. The number of anilines is 1. The highest BCUT2D eigenvalue weighted by molar-refractivity contribution is 7.92. The summed E-state index contributed by atoms with van der Waals surface area (Å²) in [6, 6.07) is 23.6. The molecule has 0 aliphatic heterocycles. The number of benzene rings is 3. The molecule has 0 saturated heterocycles. The van der Waals surface area contributed by atoms with Gasteiger partial charge in [0, 0.05) is 19.0 Å². The number of carbonyl (C=O) groups excluding carboxylic acids is 2. The van der Waals surface area contributed by atoms with Crippen molar-refractivity contribution in [2.45, 2.75) is 65.6 Å². The molecule has 0 aliphatic rings. The summed E-state index contributed by atoms with van der Waals surface area (Å²) in [6.45, 7) is 7.66. The van der Waals surface area contributed by atoms with E-state index >= 15 is 0 Å². The summed E-state index contributed by atoms with van der Waals surface area (Å²) in [5, 5.41) is 3.04. The Morgan fingerprint density at radius 1 is 0.850 bits per heavy atom. The van der Waals surface area contributed by atoms with Gasteiger partial charge in [0.15, 0.2) is 0 Å². The molecule has 3 aromatic rings. The molecular weight excluding hydrogens is 522 g/mol. The van der Waals surface area contributed by atoms with E-state index in [2.05, 4.69) is 5.32 Å². The van der Waals surface area contributed by atoms with Gasteiger partial charge in [-0.3, -0.25) is 13.9 Å². The third kappa shape index (κ3) is 8.68.